The Morgan fingerprint density at radius 3 is 2.69 bits per heavy atom. The van der Waals surface area contributed by atoms with Crippen LogP contribution in [0.15, 0.2) is 24.3 Å². The van der Waals surface area contributed by atoms with Gasteiger partial charge in [-0.2, -0.15) is 0 Å². The lowest BCUT2D eigenvalue weighted by molar-refractivity contribution is 0.0957. The molecule has 1 fully saturated rings. The molecule has 152 valence electrons. The average Bonchev–Trinajstić information content (AvgIpc) is 3.05. The first-order valence-electron chi connectivity index (χ1n) is 10.1. The van der Waals surface area contributed by atoms with Crippen molar-refractivity contribution in [1.82, 2.24) is 15.3 Å². The van der Waals surface area contributed by atoms with Crippen LogP contribution in [-0.4, -0.2) is 35.5 Å². The molecule has 1 amide bonds. The average molecular weight is 429 g/mol. The van der Waals surface area contributed by atoms with Gasteiger partial charge in [0.2, 0.25) is 0 Å². The van der Waals surface area contributed by atoms with Crippen LogP contribution in [0, 0.1) is 13.8 Å². The van der Waals surface area contributed by atoms with Gasteiger partial charge in [0.1, 0.15) is 16.5 Å². The maximum atomic E-state index is 12.9. The third kappa shape index (κ3) is 4.23. The Bertz CT molecular complexity index is 1040. The van der Waals surface area contributed by atoms with Crippen LogP contribution < -0.4 is 10.2 Å². The van der Waals surface area contributed by atoms with Crippen LogP contribution in [0.2, 0.25) is 5.02 Å². The maximum absolute atomic E-state index is 12.9. The first kappa shape index (κ1) is 20.1. The summed E-state index contributed by atoms with van der Waals surface area (Å²) in [6.45, 7) is 6.50. The molecule has 0 unspecified atom stereocenters. The van der Waals surface area contributed by atoms with E-state index in [1.807, 2.05) is 38.1 Å². The molecule has 5 nitrogen and oxygen atoms in total. The molecule has 1 aromatic carbocycles. The van der Waals surface area contributed by atoms with Crippen molar-refractivity contribution in [2.75, 3.05) is 24.5 Å². The lowest BCUT2D eigenvalue weighted by Crippen LogP contribution is -2.30. The summed E-state index contributed by atoms with van der Waals surface area (Å²) in [5.41, 5.74) is 2.01. The summed E-state index contributed by atoms with van der Waals surface area (Å²) in [4.78, 5) is 26.2. The fraction of sp³-hybridized carbons (Fsp3) is 0.409. The van der Waals surface area contributed by atoms with E-state index >= 15 is 0 Å². The molecule has 1 aliphatic rings. The van der Waals surface area contributed by atoms with Crippen molar-refractivity contribution in [3.05, 3.63) is 51.1 Å². The number of aromatic nitrogens is 2. The van der Waals surface area contributed by atoms with Crippen LogP contribution in [0.5, 0.6) is 0 Å². The van der Waals surface area contributed by atoms with E-state index in [9.17, 15) is 4.79 Å². The lowest BCUT2D eigenvalue weighted by atomic mass is 10.1. The molecular formula is C22H25ClN4OS. The smallest absolute Gasteiger partial charge is 0.261 e. The number of piperidine rings is 1. The highest BCUT2D eigenvalue weighted by molar-refractivity contribution is 7.20. The number of amides is 1. The molecule has 1 N–H and O–H groups in total. The van der Waals surface area contributed by atoms with Crippen molar-refractivity contribution in [3.63, 3.8) is 0 Å². The Morgan fingerprint density at radius 1 is 1.17 bits per heavy atom. The zero-order chi connectivity index (χ0) is 20.4. The van der Waals surface area contributed by atoms with E-state index in [0.29, 0.717) is 13.0 Å². The number of hydrogen-bond acceptors (Lipinski definition) is 5. The van der Waals surface area contributed by atoms with Gasteiger partial charge in [0, 0.05) is 24.7 Å². The second-order valence-electron chi connectivity index (χ2n) is 7.48. The van der Waals surface area contributed by atoms with Crippen LogP contribution in [0.25, 0.3) is 10.2 Å². The van der Waals surface area contributed by atoms with Crippen LogP contribution in [0.1, 0.15) is 45.9 Å². The Hall–Kier alpha value is -2.18. The molecular weight excluding hydrogens is 404 g/mol. The summed E-state index contributed by atoms with van der Waals surface area (Å²) in [6.07, 6.45) is 4.34. The van der Waals surface area contributed by atoms with Gasteiger partial charge in [0.05, 0.1) is 10.3 Å². The fourth-order valence-electron chi connectivity index (χ4n) is 3.86. The van der Waals surface area contributed by atoms with Gasteiger partial charge in [-0.15, -0.1) is 11.3 Å². The standard InChI is InChI=1S/C22H25ClN4OS/c1-14-18-20(27-12-6-3-7-13-27)25-15(2)26-22(18)29-19(14)21(28)24-11-10-16-8-4-5-9-17(16)23/h4-5,8-9H,3,6-7,10-13H2,1-2H3,(H,24,28). The van der Waals surface area contributed by atoms with Crippen LogP contribution >= 0.6 is 22.9 Å². The summed E-state index contributed by atoms with van der Waals surface area (Å²) in [6, 6.07) is 7.73. The largest absolute Gasteiger partial charge is 0.356 e. The number of thiophene rings is 1. The number of rotatable bonds is 5. The van der Waals surface area contributed by atoms with Crippen molar-refractivity contribution in [1.29, 1.82) is 0 Å². The third-order valence-electron chi connectivity index (χ3n) is 5.38. The van der Waals surface area contributed by atoms with Crippen molar-refractivity contribution < 1.29 is 4.79 Å². The van der Waals surface area contributed by atoms with Gasteiger partial charge in [0.25, 0.3) is 5.91 Å². The molecule has 29 heavy (non-hydrogen) atoms. The Kier molecular flexibility index (Phi) is 6.01. The van der Waals surface area contributed by atoms with E-state index in [-0.39, 0.29) is 5.91 Å². The molecule has 7 heteroatoms. The minimum atomic E-state index is -0.0557. The SMILES string of the molecule is Cc1nc(N2CCCCC2)c2c(C)c(C(=O)NCCc3ccccc3Cl)sc2n1. The second kappa shape index (κ2) is 8.67. The van der Waals surface area contributed by atoms with Gasteiger partial charge in [-0.05, 0) is 56.7 Å². The molecule has 0 aliphatic carbocycles. The minimum absolute atomic E-state index is 0.0557. The van der Waals surface area contributed by atoms with Gasteiger partial charge in [-0.3, -0.25) is 4.79 Å². The number of nitrogens with one attached hydrogen (secondary N) is 1. The van der Waals surface area contributed by atoms with Crippen molar-refractivity contribution in [2.24, 2.45) is 0 Å². The van der Waals surface area contributed by atoms with Crippen molar-refractivity contribution in [3.8, 4) is 0 Å². The fourth-order valence-corrected chi connectivity index (χ4v) is 5.23. The Labute approximate surface area is 180 Å². The van der Waals surface area contributed by atoms with E-state index in [0.717, 1.165) is 56.0 Å². The maximum Gasteiger partial charge on any atom is 0.261 e. The Balaban J connectivity index is 1.56. The predicted molar refractivity (Wildman–Crippen MR) is 120 cm³/mol. The van der Waals surface area contributed by atoms with Crippen LogP contribution in [0.4, 0.5) is 5.82 Å². The van der Waals surface area contributed by atoms with E-state index in [1.54, 1.807) is 0 Å². The van der Waals surface area contributed by atoms with Crippen molar-refractivity contribution >= 4 is 44.9 Å². The van der Waals surface area contributed by atoms with E-state index < -0.39 is 0 Å². The minimum Gasteiger partial charge on any atom is -0.356 e. The Morgan fingerprint density at radius 2 is 1.93 bits per heavy atom. The quantitative estimate of drug-likeness (QED) is 0.626. The van der Waals surface area contributed by atoms with Gasteiger partial charge >= 0.3 is 0 Å². The number of fused-ring (bicyclic) bond motifs is 1. The lowest BCUT2D eigenvalue weighted by Gasteiger charge is -2.28. The van der Waals surface area contributed by atoms with Crippen LogP contribution in [0.3, 0.4) is 0 Å². The zero-order valence-electron chi connectivity index (χ0n) is 16.8. The second-order valence-corrected chi connectivity index (χ2v) is 8.88. The molecule has 0 radical (unpaired) electrons. The van der Waals surface area contributed by atoms with Gasteiger partial charge in [-0.25, -0.2) is 9.97 Å². The predicted octanol–water partition coefficient (Wildman–Crippen LogP) is 4.92. The molecule has 4 rings (SSSR count). The number of aryl methyl sites for hydroxylation is 2. The molecule has 1 aliphatic heterocycles. The molecule has 3 aromatic rings. The molecule has 2 aromatic heterocycles. The van der Waals surface area contributed by atoms with Crippen LogP contribution in [-0.2, 0) is 6.42 Å². The molecule has 0 saturated carbocycles. The molecule has 0 atom stereocenters. The summed E-state index contributed by atoms with van der Waals surface area (Å²) in [7, 11) is 0. The number of benzene rings is 1. The number of nitrogens with zero attached hydrogens (tertiary/aromatic N) is 3. The highest BCUT2D eigenvalue weighted by Crippen LogP contribution is 2.36. The first-order valence-corrected chi connectivity index (χ1v) is 11.3. The van der Waals surface area contributed by atoms with Gasteiger partial charge in [0.15, 0.2) is 0 Å². The normalized spacial score (nSPS) is 14.4. The third-order valence-corrected chi connectivity index (χ3v) is 6.94. The monoisotopic (exact) mass is 428 g/mol. The molecule has 1 saturated heterocycles. The summed E-state index contributed by atoms with van der Waals surface area (Å²) < 4.78 is 0. The highest BCUT2D eigenvalue weighted by atomic mass is 35.5. The summed E-state index contributed by atoms with van der Waals surface area (Å²) in [5.74, 6) is 1.68. The number of carbonyl (C=O) groups excluding carboxylic acids is 1. The van der Waals surface area contributed by atoms with E-state index in [4.69, 9.17) is 16.6 Å². The first-order chi connectivity index (χ1) is 14.0. The number of carbonyl (C=O) groups is 1. The molecule has 3 heterocycles. The number of halogens is 1. The zero-order valence-corrected chi connectivity index (χ0v) is 18.4. The van der Waals surface area contributed by atoms with Gasteiger partial charge < -0.3 is 10.2 Å². The topological polar surface area (TPSA) is 58.1 Å². The van der Waals surface area contributed by atoms with Gasteiger partial charge in [-0.1, -0.05) is 29.8 Å². The highest BCUT2D eigenvalue weighted by Gasteiger charge is 2.23. The van der Waals surface area contributed by atoms with Crippen molar-refractivity contribution in [2.45, 2.75) is 39.5 Å². The molecule has 0 spiro atoms. The number of hydrogen-bond donors (Lipinski definition) is 1. The van der Waals surface area contributed by atoms with E-state index in [2.05, 4.69) is 15.2 Å². The van der Waals surface area contributed by atoms with E-state index in [1.165, 1.54) is 30.6 Å². The summed E-state index contributed by atoms with van der Waals surface area (Å²) in [5, 5.41) is 4.80. The molecule has 0 bridgehead atoms. The summed E-state index contributed by atoms with van der Waals surface area (Å²) >= 11 is 7.67. The number of anilines is 1.